The fourth-order valence-corrected chi connectivity index (χ4v) is 1.71. The number of ketones is 1. The van der Waals surface area contributed by atoms with Crippen molar-refractivity contribution in [2.45, 2.75) is 26.4 Å². The molecule has 7 heteroatoms. The lowest BCUT2D eigenvalue weighted by molar-refractivity contribution is -0.160. The maximum absolute atomic E-state index is 11.7. The molecule has 0 unspecified atom stereocenters. The van der Waals surface area contributed by atoms with Crippen molar-refractivity contribution in [3.63, 3.8) is 0 Å². The van der Waals surface area contributed by atoms with Gasteiger partial charge in [0.2, 0.25) is 0 Å². The minimum absolute atomic E-state index is 0.0382. The van der Waals surface area contributed by atoms with E-state index in [1.54, 1.807) is 51.1 Å². The Morgan fingerprint density at radius 3 is 2.12 bits per heavy atom. The Labute approximate surface area is 147 Å². The van der Waals surface area contributed by atoms with Crippen molar-refractivity contribution in [1.82, 2.24) is 0 Å². The Bertz CT molecular complexity index is 561. The van der Waals surface area contributed by atoms with Crippen molar-refractivity contribution < 1.29 is 33.3 Å². The molecule has 25 heavy (non-hydrogen) atoms. The molecule has 1 rings (SSSR count). The van der Waals surface area contributed by atoms with Crippen LogP contribution in [0.2, 0.25) is 0 Å². The SMILES string of the molecule is CC(C)(C)OC(=O)COCCOCCOC(=O)C(=O)c1ccccc1. The third kappa shape index (κ3) is 9.59. The predicted octanol–water partition coefficient (Wildman–Crippen LogP) is 1.79. The van der Waals surface area contributed by atoms with Crippen LogP contribution in [0.25, 0.3) is 0 Å². The molecule has 0 N–H and O–H groups in total. The smallest absolute Gasteiger partial charge is 0.379 e. The molecule has 0 radical (unpaired) electrons. The zero-order chi connectivity index (χ0) is 18.7. The third-order valence-electron chi connectivity index (χ3n) is 2.69. The van der Waals surface area contributed by atoms with Gasteiger partial charge >= 0.3 is 11.9 Å². The molecule has 0 heterocycles. The first kappa shape index (κ1) is 20.8. The first-order chi connectivity index (χ1) is 11.8. The van der Waals surface area contributed by atoms with Crippen molar-refractivity contribution >= 4 is 17.7 Å². The van der Waals surface area contributed by atoms with Gasteiger partial charge in [-0.3, -0.25) is 4.79 Å². The van der Waals surface area contributed by atoms with Gasteiger partial charge in [-0.15, -0.1) is 0 Å². The van der Waals surface area contributed by atoms with Crippen LogP contribution in [-0.2, 0) is 28.5 Å². The van der Waals surface area contributed by atoms with Gasteiger partial charge in [-0.05, 0) is 20.8 Å². The van der Waals surface area contributed by atoms with Crippen LogP contribution >= 0.6 is 0 Å². The van der Waals surface area contributed by atoms with Gasteiger partial charge in [-0.2, -0.15) is 0 Å². The van der Waals surface area contributed by atoms with Gasteiger partial charge in [0.25, 0.3) is 5.78 Å². The molecule has 0 aliphatic rings. The summed E-state index contributed by atoms with van der Waals surface area (Å²) in [6, 6.07) is 8.17. The number of hydrogen-bond donors (Lipinski definition) is 0. The first-order valence-corrected chi connectivity index (χ1v) is 7.93. The number of benzene rings is 1. The molecule has 0 aliphatic carbocycles. The first-order valence-electron chi connectivity index (χ1n) is 7.93. The van der Waals surface area contributed by atoms with Crippen LogP contribution in [0.1, 0.15) is 31.1 Å². The van der Waals surface area contributed by atoms with Gasteiger partial charge in [0.05, 0.1) is 19.8 Å². The lowest BCUT2D eigenvalue weighted by Gasteiger charge is -2.19. The molecule has 0 amide bonds. The number of rotatable bonds is 10. The summed E-state index contributed by atoms with van der Waals surface area (Å²) in [5.74, 6) is -2.06. The Hall–Kier alpha value is -2.25. The fraction of sp³-hybridized carbons (Fsp3) is 0.500. The molecule has 7 nitrogen and oxygen atoms in total. The zero-order valence-corrected chi connectivity index (χ0v) is 14.8. The quantitative estimate of drug-likeness (QED) is 0.274. The minimum Gasteiger partial charge on any atom is -0.458 e. The maximum atomic E-state index is 11.7. The Morgan fingerprint density at radius 2 is 1.48 bits per heavy atom. The van der Waals surface area contributed by atoms with Gasteiger partial charge in [0.1, 0.15) is 18.8 Å². The molecule has 0 aromatic heterocycles. The fourth-order valence-electron chi connectivity index (χ4n) is 1.71. The highest BCUT2D eigenvalue weighted by Gasteiger charge is 2.17. The maximum Gasteiger partial charge on any atom is 0.379 e. The lowest BCUT2D eigenvalue weighted by atomic mass is 10.1. The van der Waals surface area contributed by atoms with Crippen LogP contribution in [0.4, 0.5) is 0 Å². The van der Waals surface area contributed by atoms with E-state index < -0.39 is 23.3 Å². The molecule has 0 saturated heterocycles. The highest BCUT2D eigenvalue weighted by atomic mass is 16.6. The molecular formula is C18H24O7. The number of Topliss-reactive ketones (excluding diaryl/α,β-unsaturated/α-hetero) is 1. The van der Waals surface area contributed by atoms with Crippen molar-refractivity contribution in [2.75, 3.05) is 33.0 Å². The van der Waals surface area contributed by atoms with E-state index in [0.717, 1.165) is 0 Å². The van der Waals surface area contributed by atoms with Gasteiger partial charge in [0, 0.05) is 5.56 Å². The topological polar surface area (TPSA) is 88.1 Å². The summed E-state index contributed by atoms with van der Waals surface area (Å²) < 4.78 is 20.2. The van der Waals surface area contributed by atoms with E-state index in [-0.39, 0.29) is 38.6 Å². The number of carbonyl (C=O) groups excluding carboxylic acids is 3. The number of ether oxygens (including phenoxy) is 4. The highest BCUT2D eigenvalue weighted by Crippen LogP contribution is 2.06. The number of esters is 2. The average Bonchev–Trinajstić information content (AvgIpc) is 2.55. The van der Waals surface area contributed by atoms with E-state index in [1.807, 2.05) is 0 Å². The second-order valence-corrected chi connectivity index (χ2v) is 6.08. The second kappa shape index (κ2) is 10.6. The van der Waals surface area contributed by atoms with Crippen LogP contribution in [0, 0.1) is 0 Å². The molecule has 0 aliphatic heterocycles. The van der Waals surface area contributed by atoms with E-state index in [0.29, 0.717) is 0 Å². The average molecular weight is 352 g/mol. The normalized spacial score (nSPS) is 11.0. The summed E-state index contributed by atoms with van der Waals surface area (Å²) >= 11 is 0. The van der Waals surface area contributed by atoms with Crippen LogP contribution in [-0.4, -0.2) is 56.4 Å². The molecule has 1 aromatic carbocycles. The Kier molecular flexibility index (Phi) is 8.80. The molecule has 138 valence electrons. The highest BCUT2D eigenvalue weighted by molar-refractivity contribution is 6.40. The summed E-state index contributed by atoms with van der Waals surface area (Å²) in [5.41, 5.74) is -0.262. The molecule has 0 saturated carbocycles. The molecule has 1 aromatic rings. The van der Waals surface area contributed by atoms with Crippen molar-refractivity contribution in [2.24, 2.45) is 0 Å². The van der Waals surface area contributed by atoms with Crippen LogP contribution in [0.15, 0.2) is 30.3 Å². The van der Waals surface area contributed by atoms with E-state index >= 15 is 0 Å². The van der Waals surface area contributed by atoms with E-state index in [2.05, 4.69) is 0 Å². The van der Waals surface area contributed by atoms with Gasteiger partial charge < -0.3 is 18.9 Å². The largest absolute Gasteiger partial charge is 0.458 e. The molecule has 0 fully saturated rings. The molecular weight excluding hydrogens is 328 g/mol. The number of hydrogen-bond acceptors (Lipinski definition) is 7. The van der Waals surface area contributed by atoms with Gasteiger partial charge in [-0.1, -0.05) is 30.3 Å². The van der Waals surface area contributed by atoms with Crippen LogP contribution < -0.4 is 0 Å². The van der Waals surface area contributed by atoms with E-state index in [4.69, 9.17) is 18.9 Å². The van der Waals surface area contributed by atoms with Crippen LogP contribution in [0.3, 0.4) is 0 Å². The molecule has 0 atom stereocenters. The van der Waals surface area contributed by atoms with Crippen molar-refractivity contribution in [3.05, 3.63) is 35.9 Å². The van der Waals surface area contributed by atoms with Gasteiger partial charge in [0.15, 0.2) is 0 Å². The summed E-state index contributed by atoms with van der Waals surface area (Å²) in [5, 5.41) is 0. The minimum atomic E-state index is -0.920. The Morgan fingerprint density at radius 1 is 0.880 bits per heavy atom. The predicted molar refractivity (Wildman–Crippen MR) is 89.2 cm³/mol. The van der Waals surface area contributed by atoms with Crippen molar-refractivity contribution in [3.8, 4) is 0 Å². The second-order valence-electron chi connectivity index (χ2n) is 6.08. The van der Waals surface area contributed by atoms with E-state index in [9.17, 15) is 14.4 Å². The van der Waals surface area contributed by atoms with Crippen molar-refractivity contribution in [1.29, 1.82) is 0 Å². The summed E-state index contributed by atoms with van der Waals surface area (Å²) in [4.78, 5) is 34.7. The summed E-state index contributed by atoms with van der Waals surface area (Å²) in [6.07, 6.45) is 0. The number of carbonyl (C=O) groups is 3. The summed E-state index contributed by atoms with van der Waals surface area (Å²) in [6.45, 7) is 5.70. The van der Waals surface area contributed by atoms with E-state index in [1.165, 1.54) is 0 Å². The molecule has 0 spiro atoms. The summed E-state index contributed by atoms with van der Waals surface area (Å²) in [7, 11) is 0. The Balaban J connectivity index is 2.04. The third-order valence-corrected chi connectivity index (χ3v) is 2.69. The van der Waals surface area contributed by atoms with Gasteiger partial charge in [-0.25, -0.2) is 9.59 Å². The lowest BCUT2D eigenvalue weighted by Crippen LogP contribution is -2.27. The molecule has 0 bridgehead atoms. The standard InChI is InChI=1S/C18H24O7/c1-18(2,3)25-15(19)13-23-10-9-22-11-12-24-17(21)16(20)14-7-5-4-6-8-14/h4-8H,9-13H2,1-3H3. The zero-order valence-electron chi connectivity index (χ0n) is 14.8. The van der Waals surface area contributed by atoms with Crippen LogP contribution in [0.5, 0.6) is 0 Å². The monoisotopic (exact) mass is 352 g/mol.